The second-order valence-electron chi connectivity index (χ2n) is 40.4. The van der Waals surface area contributed by atoms with E-state index in [1.807, 2.05) is 36.0 Å². The van der Waals surface area contributed by atoms with Crippen LogP contribution in [-0.4, -0.2) is 268 Å². The molecule has 6 saturated carbocycles. The summed E-state index contributed by atoms with van der Waals surface area (Å²) in [7, 11) is -1.77. The molecule has 4 aromatic carbocycles. The summed E-state index contributed by atoms with van der Waals surface area (Å²) in [6.07, 6.45) is 37.0. The molecule has 23 nitrogen and oxygen atoms in total. The third-order valence-electron chi connectivity index (χ3n) is 34.1. The normalized spacial score (nSPS) is 38.8. The molecule has 0 amide bonds. The molecule has 22 aliphatic rings. The number of rotatable bonds is 12. The monoisotopic (exact) mass is 1850 g/mol. The standard InChI is InChI=1S/C23H28BrN3O2.C21H26N2O3.C20H23NO2S.C19H21NO4S.C17H24N2O3.ClH/c24-17-4-6-18(7-5-17)25-9-11-26(12-10-25)19-13-16-14-22(28)29-23(16)15-20(19)27-8-2-1-3-21(23)27;1-25-16-7-5-14(6-8-16)13-22-17-10-15-11-20(24)26-21(15)12-18(17)23-9-3-2-4-19(21)23;1-13-5-7-15(8-6-13)24-17-10-14-11-19(22)23-20(14)12-16(17)21-9-3-2-4-18(20)21;21-18-11-13-10-16(25(22,23)14-6-2-1-3-7-14)15-12-19(13,24-18)17-8-4-5-9-20(15)17;20-12-7-11(8-12)18-13-5-10-6-16(21)22-17(10)9-14(13)19-4-2-1-3-15(17)19;/h4-7,14,19-21H,1-3,8-13,15H2;5-8,11,17-19,22H,2-4,9-10,12-13H2,1H3;5-8,11,16-18H,2-4,9-10,12H2,1H3;1-3,6-7,11,15-17H,4-5,8-10,12H2;6,11-15,18,20H,1-5,7-9H2;1H/t19?,20-,21+,23-;17-,18-,19+,21-;16-,17?,18+,20-;15-,16-,17+,19-;11?,12?,13?,14-,15+,17-;/m00000./s1. The van der Waals surface area contributed by atoms with Crippen LogP contribution in [0, 0.1) is 6.92 Å². The Kier molecular flexibility index (Phi) is 23.5. The molecule has 0 aromatic heterocycles. The highest BCUT2D eigenvalue weighted by molar-refractivity contribution is 9.10. The number of fused-ring (bicyclic) bond motifs is 15. The first kappa shape index (κ1) is 86.9. The lowest BCUT2D eigenvalue weighted by Crippen LogP contribution is -2.57. The van der Waals surface area contributed by atoms with Gasteiger partial charge in [-0.25, -0.2) is 32.4 Å². The second-order valence-corrected chi connectivity index (χ2v) is 44.8. The number of methoxy groups -OCH3 is 1. The van der Waals surface area contributed by atoms with Gasteiger partial charge in [-0.15, -0.1) is 24.2 Å². The number of hydrogen-bond acceptors (Lipinski definition) is 24. The average Bonchev–Trinajstić information content (AvgIpc) is 1.54. The minimum Gasteiger partial charge on any atom is -0.497 e. The minimum atomic E-state index is -3.46. The molecule has 127 heavy (non-hydrogen) atoms. The molecule has 6 aliphatic carbocycles. The highest BCUT2D eigenvalue weighted by Gasteiger charge is 2.70. The number of aryl methyl sites for hydroxylation is 1. The second kappa shape index (κ2) is 34.4. The fraction of sp³-hybridized carbons (Fsp3) is 0.610. The molecule has 16 heterocycles. The lowest BCUT2D eigenvalue weighted by Gasteiger charge is -2.46. The maximum absolute atomic E-state index is 13.3. The van der Waals surface area contributed by atoms with Gasteiger partial charge in [-0.05, 0) is 243 Å². The predicted octanol–water partition coefficient (Wildman–Crippen LogP) is 12.5. The van der Waals surface area contributed by atoms with Crippen molar-refractivity contribution in [1.29, 1.82) is 0 Å². The van der Waals surface area contributed by atoms with Gasteiger partial charge in [0.2, 0.25) is 0 Å². The number of aliphatic hydroxyl groups is 1. The van der Waals surface area contributed by atoms with Gasteiger partial charge >= 0.3 is 29.8 Å². The summed E-state index contributed by atoms with van der Waals surface area (Å²) in [4.78, 5) is 80.2. The molecular formula is C100H123BrClN9O14S2. The van der Waals surface area contributed by atoms with Crippen molar-refractivity contribution in [1.82, 2.24) is 40.0 Å². The Hall–Kier alpha value is -6.76. The predicted molar refractivity (Wildman–Crippen MR) is 488 cm³/mol. The zero-order valence-electron chi connectivity index (χ0n) is 73.2. The SMILES string of the molecule is COc1ccc(CN[C@H]2CC3=CC(=O)O[C@@]34C[C@@H]2N2CCCC[C@@H]24)cc1.Cc1ccc(SC2CC3=CC(=O)O[C@@]34C[C@@H]2N2CCCC[C@@H]24)cc1.Cl.O=C1C=C2CC(N3CCN(c4ccc(Br)cc4)CC3)[C@@H]3C[C@@]2(O1)[C@H]1CCCCN31.O=C1C=C2CC(NC3CC(O)C3)[C@@H]3C[C@@]2(O1)[C@H]1CCCCN31.O=C1C=C2C[C@H](S(=O)(=O)c3ccccc3)[C@@H]3C[C@@]2(O1)[C@H]1CCCCN31. The molecule has 3 unspecified atom stereocenters. The van der Waals surface area contributed by atoms with E-state index in [0.717, 1.165) is 178 Å². The van der Waals surface area contributed by atoms with E-state index < -0.39 is 20.7 Å². The Morgan fingerprint density at radius 3 is 1.39 bits per heavy atom. The van der Waals surface area contributed by atoms with Crippen molar-refractivity contribution in [2.45, 2.75) is 326 Å². The van der Waals surface area contributed by atoms with E-state index in [0.29, 0.717) is 95.5 Å². The molecule has 16 aliphatic heterocycles. The Balaban J connectivity index is 0.0000000967. The topological polar surface area (TPSA) is 242 Å². The van der Waals surface area contributed by atoms with Crippen LogP contribution in [0.1, 0.15) is 184 Å². The summed E-state index contributed by atoms with van der Waals surface area (Å²) in [6, 6.07) is 39.8. The summed E-state index contributed by atoms with van der Waals surface area (Å²) >= 11 is 5.52. The van der Waals surface area contributed by atoms with Crippen LogP contribution in [0.4, 0.5) is 5.69 Å². The molecule has 27 heteroatoms. The third-order valence-corrected chi connectivity index (χ3v) is 38.2. The number of piperidine rings is 5. The van der Waals surface area contributed by atoms with Gasteiger partial charge in [0.05, 0.1) is 53.6 Å². The largest absolute Gasteiger partial charge is 0.497 e. The van der Waals surface area contributed by atoms with E-state index in [1.165, 1.54) is 108 Å². The Morgan fingerprint density at radius 1 is 0.465 bits per heavy atom. The molecule has 10 bridgehead atoms. The van der Waals surface area contributed by atoms with Crippen LogP contribution in [-0.2, 0) is 64.0 Å². The summed E-state index contributed by atoms with van der Waals surface area (Å²) in [5, 5.41) is 17.1. The van der Waals surface area contributed by atoms with E-state index in [4.69, 9.17) is 28.4 Å². The van der Waals surface area contributed by atoms with E-state index in [9.17, 15) is 37.5 Å². The zero-order chi connectivity index (χ0) is 85.8. The number of piperazine rings is 1. The number of carbonyl (C=O) groups excluding carboxylic acids is 5. The summed E-state index contributed by atoms with van der Waals surface area (Å²) in [5.74, 6) is 0.0840. The molecular weight excluding hydrogens is 1730 g/mol. The Labute approximate surface area is 765 Å². The van der Waals surface area contributed by atoms with Crippen molar-refractivity contribution in [3.8, 4) is 5.75 Å². The molecule has 0 radical (unpaired) electrons. The molecule has 5 spiro atoms. The van der Waals surface area contributed by atoms with Gasteiger partial charge in [-0.3, -0.25) is 29.4 Å². The summed E-state index contributed by atoms with van der Waals surface area (Å²) < 4.78 is 62.6. The number of sulfone groups is 1. The first-order valence-electron chi connectivity index (χ1n) is 47.7. The average molecular weight is 1850 g/mol. The van der Waals surface area contributed by atoms with E-state index in [-0.39, 0.29) is 82.8 Å². The quantitative estimate of drug-likeness (QED) is 0.0882. The minimum absolute atomic E-state index is 0. The van der Waals surface area contributed by atoms with Crippen molar-refractivity contribution < 1.29 is 65.9 Å². The third kappa shape index (κ3) is 15.1. The van der Waals surface area contributed by atoms with E-state index >= 15 is 0 Å². The fourth-order valence-corrected chi connectivity index (χ4v) is 32.1. The number of anilines is 1. The van der Waals surface area contributed by atoms with Crippen molar-refractivity contribution in [2.24, 2.45) is 0 Å². The number of nitrogens with zero attached hydrogens (tertiary/aromatic N) is 7. The van der Waals surface area contributed by atoms with Crippen LogP contribution >= 0.6 is 40.1 Å². The highest BCUT2D eigenvalue weighted by Crippen LogP contribution is 2.62. The van der Waals surface area contributed by atoms with Crippen molar-refractivity contribution >= 4 is 85.5 Å². The Morgan fingerprint density at radius 2 is 0.890 bits per heavy atom. The van der Waals surface area contributed by atoms with Crippen LogP contribution in [0.15, 0.2) is 176 Å². The number of thioether (sulfide) groups is 1. The van der Waals surface area contributed by atoms with E-state index in [2.05, 4.69) is 128 Å². The maximum Gasteiger partial charge on any atom is 0.331 e. The van der Waals surface area contributed by atoms with Gasteiger partial charge in [-0.2, -0.15) is 0 Å². The van der Waals surface area contributed by atoms with Crippen LogP contribution in [0.25, 0.3) is 0 Å². The first-order valence-corrected chi connectivity index (χ1v) is 51.0. The molecule has 3 N–H and O–H groups in total. The maximum atomic E-state index is 13.3. The van der Waals surface area contributed by atoms with Crippen molar-refractivity contribution in [2.75, 3.05) is 70.9 Å². The zero-order valence-corrected chi connectivity index (χ0v) is 77.2. The number of esters is 5. The molecule has 17 fully saturated rings. The van der Waals surface area contributed by atoms with Crippen LogP contribution in [0.2, 0.25) is 0 Å². The summed E-state index contributed by atoms with van der Waals surface area (Å²) in [5.41, 5.74) is 7.99. The number of ether oxygens (including phenoxy) is 6. The number of halogens is 2. The number of benzene rings is 4. The van der Waals surface area contributed by atoms with Gasteiger partial charge in [0.1, 0.15) is 5.75 Å². The van der Waals surface area contributed by atoms with Gasteiger partial charge in [0, 0.05) is 170 Å². The lowest BCUT2D eigenvalue weighted by atomic mass is 9.75. The molecule has 11 saturated heterocycles. The smallest absolute Gasteiger partial charge is 0.331 e. The number of hydrogen-bond donors (Lipinski definition) is 3. The summed E-state index contributed by atoms with van der Waals surface area (Å²) in [6.45, 7) is 12.7. The Bertz CT molecular complexity index is 5190. The molecule has 26 rings (SSSR count). The van der Waals surface area contributed by atoms with Gasteiger partial charge < -0.3 is 49.1 Å². The highest BCUT2D eigenvalue weighted by atomic mass is 79.9. The number of nitrogens with one attached hydrogen (secondary N) is 2. The molecule has 4 aromatic rings. The molecule has 20 atom stereocenters. The van der Waals surface area contributed by atoms with Crippen LogP contribution in [0.5, 0.6) is 5.75 Å². The van der Waals surface area contributed by atoms with Crippen molar-refractivity contribution in [3.63, 3.8) is 0 Å². The van der Waals surface area contributed by atoms with Crippen LogP contribution < -0.4 is 20.3 Å². The van der Waals surface area contributed by atoms with Crippen LogP contribution in [0.3, 0.4) is 0 Å². The fourth-order valence-electron chi connectivity index (χ4n) is 28.6. The number of carbonyl (C=O) groups is 5. The number of aliphatic hydroxyl groups excluding tert-OH is 1. The van der Waals surface area contributed by atoms with Gasteiger partial charge in [0.15, 0.2) is 37.8 Å². The molecule has 678 valence electrons. The first-order chi connectivity index (χ1) is 61.2. The van der Waals surface area contributed by atoms with Gasteiger partial charge in [0.25, 0.3) is 0 Å². The lowest BCUT2D eigenvalue weighted by molar-refractivity contribution is -0.149. The van der Waals surface area contributed by atoms with Gasteiger partial charge in [-0.1, -0.05) is 96.1 Å². The van der Waals surface area contributed by atoms with E-state index in [1.54, 1.807) is 55.7 Å². The van der Waals surface area contributed by atoms with Crippen molar-refractivity contribution in [3.05, 3.63) is 177 Å².